The maximum Gasteiger partial charge on any atom is 0.340 e. The highest BCUT2D eigenvalue weighted by Gasteiger charge is 2.13. The van der Waals surface area contributed by atoms with Crippen LogP contribution in [0, 0.1) is 0 Å². The van der Waals surface area contributed by atoms with Gasteiger partial charge in [0, 0.05) is 4.90 Å². The average Bonchev–Trinajstić information content (AvgIpc) is 2.36. The number of anilines is 1. The van der Waals surface area contributed by atoms with Crippen LogP contribution in [0.3, 0.4) is 0 Å². The third kappa shape index (κ3) is 4.26. The molecule has 0 amide bonds. The molecule has 0 aliphatic heterocycles. The van der Waals surface area contributed by atoms with E-state index in [2.05, 4.69) is 6.92 Å². The lowest BCUT2D eigenvalue weighted by Crippen LogP contribution is -2.08. The smallest absolute Gasteiger partial charge is 0.340 e. The summed E-state index contributed by atoms with van der Waals surface area (Å²) in [4.78, 5) is 12.7. The molecule has 1 rings (SSSR count). The van der Waals surface area contributed by atoms with Gasteiger partial charge in [-0.05, 0) is 31.2 Å². The molecule has 0 unspecified atom stereocenters. The van der Waals surface area contributed by atoms with E-state index >= 15 is 0 Å². The third-order valence-electron chi connectivity index (χ3n) is 2.57. The van der Waals surface area contributed by atoms with Gasteiger partial charge in [-0.15, -0.1) is 11.8 Å². The Morgan fingerprint density at radius 2 is 2.11 bits per heavy atom. The van der Waals surface area contributed by atoms with Crippen LogP contribution in [0.15, 0.2) is 23.1 Å². The molecule has 0 bridgehead atoms. The fourth-order valence-corrected chi connectivity index (χ4v) is 2.60. The van der Waals surface area contributed by atoms with Gasteiger partial charge >= 0.3 is 5.97 Å². The van der Waals surface area contributed by atoms with Crippen LogP contribution in [0.1, 0.15) is 43.5 Å². The standard InChI is InChI=1S/C14H21NO2S/c1-3-5-6-10-18-12-9-7-8-11(13(12)15)14(16)17-4-2/h7-9H,3-6,10,15H2,1-2H3. The summed E-state index contributed by atoms with van der Waals surface area (Å²) in [5, 5.41) is 0. The lowest BCUT2D eigenvalue weighted by molar-refractivity contribution is 0.0527. The lowest BCUT2D eigenvalue weighted by Gasteiger charge is -2.09. The second-order valence-corrected chi connectivity index (χ2v) is 5.13. The van der Waals surface area contributed by atoms with Crippen LogP contribution in [0.2, 0.25) is 0 Å². The van der Waals surface area contributed by atoms with Crippen LogP contribution in [0.5, 0.6) is 0 Å². The van der Waals surface area contributed by atoms with Crippen molar-refractivity contribution in [2.24, 2.45) is 0 Å². The monoisotopic (exact) mass is 267 g/mol. The van der Waals surface area contributed by atoms with Crippen molar-refractivity contribution in [2.45, 2.75) is 38.0 Å². The highest BCUT2D eigenvalue weighted by atomic mass is 32.2. The molecular weight excluding hydrogens is 246 g/mol. The molecule has 0 saturated heterocycles. The van der Waals surface area contributed by atoms with Gasteiger partial charge in [0.1, 0.15) is 0 Å². The van der Waals surface area contributed by atoms with Crippen LogP contribution in [0.4, 0.5) is 5.69 Å². The second-order valence-electron chi connectivity index (χ2n) is 3.99. The molecule has 0 atom stereocenters. The van der Waals surface area contributed by atoms with E-state index in [4.69, 9.17) is 10.5 Å². The number of thioether (sulfide) groups is 1. The number of carbonyl (C=O) groups is 1. The number of rotatable bonds is 7. The number of nitrogens with two attached hydrogens (primary N) is 1. The summed E-state index contributed by atoms with van der Waals surface area (Å²) in [5.41, 5.74) is 7.02. The van der Waals surface area contributed by atoms with Gasteiger partial charge in [0.2, 0.25) is 0 Å². The van der Waals surface area contributed by atoms with Crippen LogP contribution in [0.25, 0.3) is 0 Å². The van der Waals surface area contributed by atoms with E-state index in [0.717, 1.165) is 10.6 Å². The van der Waals surface area contributed by atoms with E-state index in [0.29, 0.717) is 17.9 Å². The van der Waals surface area contributed by atoms with Crippen LogP contribution >= 0.6 is 11.8 Å². The van der Waals surface area contributed by atoms with Gasteiger partial charge in [-0.2, -0.15) is 0 Å². The normalized spacial score (nSPS) is 10.3. The molecule has 0 saturated carbocycles. The van der Waals surface area contributed by atoms with E-state index in [1.165, 1.54) is 19.3 Å². The van der Waals surface area contributed by atoms with Gasteiger partial charge in [-0.3, -0.25) is 0 Å². The first-order chi connectivity index (χ1) is 8.70. The topological polar surface area (TPSA) is 52.3 Å². The minimum atomic E-state index is -0.342. The number of hydrogen-bond donors (Lipinski definition) is 1. The zero-order chi connectivity index (χ0) is 13.4. The van der Waals surface area contributed by atoms with Gasteiger partial charge in [0.05, 0.1) is 17.9 Å². The summed E-state index contributed by atoms with van der Waals surface area (Å²) in [7, 11) is 0. The molecule has 0 aliphatic rings. The average molecular weight is 267 g/mol. The molecule has 4 heteroatoms. The number of unbranched alkanes of at least 4 members (excludes halogenated alkanes) is 2. The zero-order valence-corrected chi connectivity index (χ0v) is 11.9. The van der Waals surface area contributed by atoms with Crippen molar-refractivity contribution in [3.8, 4) is 0 Å². The molecule has 0 spiro atoms. The predicted molar refractivity (Wildman–Crippen MR) is 77.1 cm³/mol. The van der Waals surface area contributed by atoms with Gasteiger partial charge in [-0.25, -0.2) is 4.79 Å². The Kier molecular flexibility index (Phi) is 6.65. The van der Waals surface area contributed by atoms with Crippen molar-refractivity contribution >= 4 is 23.4 Å². The fourth-order valence-electron chi connectivity index (χ4n) is 1.59. The number of para-hydroxylation sites is 1. The maximum absolute atomic E-state index is 11.7. The van der Waals surface area contributed by atoms with Crippen molar-refractivity contribution in [3.05, 3.63) is 23.8 Å². The molecule has 0 heterocycles. The van der Waals surface area contributed by atoms with Crippen molar-refractivity contribution in [3.63, 3.8) is 0 Å². The first kappa shape index (κ1) is 14.9. The molecule has 0 radical (unpaired) electrons. The summed E-state index contributed by atoms with van der Waals surface area (Å²) in [5.74, 6) is 0.690. The number of hydrogen-bond acceptors (Lipinski definition) is 4. The summed E-state index contributed by atoms with van der Waals surface area (Å²) in [6.45, 7) is 4.34. The van der Waals surface area contributed by atoms with Gasteiger partial charge < -0.3 is 10.5 Å². The minimum Gasteiger partial charge on any atom is -0.462 e. The fraction of sp³-hybridized carbons (Fsp3) is 0.500. The van der Waals surface area contributed by atoms with Gasteiger partial charge in [-0.1, -0.05) is 25.8 Å². The van der Waals surface area contributed by atoms with Crippen molar-refractivity contribution in [2.75, 3.05) is 18.1 Å². The Labute approximate surface area is 113 Å². The summed E-state index contributed by atoms with van der Waals surface area (Å²) in [6.07, 6.45) is 3.60. The summed E-state index contributed by atoms with van der Waals surface area (Å²) < 4.78 is 4.98. The first-order valence-corrected chi connectivity index (χ1v) is 7.37. The first-order valence-electron chi connectivity index (χ1n) is 6.39. The number of nitrogen functional groups attached to an aromatic ring is 1. The lowest BCUT2D eigenvalue weighted by atomic mass is 10.2. The molecule has 1 aromatic carbocycles. The van der Waals surface area contributed by atoms with Gasteiger partial charge in [0.25, 0.3) is 0 Å². The molecule has 18 heavy (non-hydrogen) atoms. The number of carbonyl (C=O) groups excluding carboxylic acids is 1. The number of ether oxygens (including phenoxy) is 1. The molecule has 0 aliphatic carbocycles. The van der Waals surface area contributed by atoms with E-state index < -0.39 is 0 Å². The van der Waals surface area contributed by atoms with Crippen LogP contribution in [-0.2, 0) is 4.74 Å². The van der Waals surface area contributed by atoms with Crippen molar-refractivity contribution in [1.82, 2.24) is 0 Å². The molecule has 3 nitrogen and oxygen atoms in total. The quantitative estimate of drug-likeness (QED) is 0.354. The minimum absolute atomic E-state index is 0.342. The summed E-state index contributed by atoms with van der Waals surface area (Å²) in [6, 6.07) is 5.52. The van der Waals surface area contributed by atoms with Crippen LogP contribution in [-0.4, -0.2) is 18.3 Å². The van der Waals surface area contributed by atoms with E-state index in [1.807, 2.05) is 12.1 Å². The molecule has 0 fully saturated rings. The van der Waals surface area contributed by atoms with Crippen LogP contribution < -0.4 is 5.73 Å². The Bertz CT molecular complexity index is 393. The Hall–Kier alpha value is -1.16. The highest BCUT2D eigenvalue weighted by molar-refractivity contribution is 7.99. The highest BCUT2D eigenvalue weighted by Crippen LogP contribution is 2.29. The Balaban J connectivity index is 2.69. The second kappa shape index (κ2) is 8.03. The number of esters is 1. The molecular formula is C14H21NO2S. The Morgan fingerprint density at radius 3 is 2.78 bits per heavy atom. The molecule has 1 aromatic rings. The largest absolute Gasteiger partial charge is 0.462 e. The predicted octanol–water partition coefficient (Wildman–Crippen LogP) is 3.73. The van der Waals surface area contributed by atoms with E-state index in [1.54, 1.807) is 24.8 Å². The van der Waals surface area contributed by atoms with Crippen molar-refractivity contribution in [1.29, 1.82) is 0 Å². The molecule has 0 aromatic heterocycles. The maximum atomic E-state index is 11.7. The van der Waals surface area contributed by atoms with E-state index in [-0.39, 0.29) is 5.97 Å². The van der Waals surface area contributed by atoms with E-state index in [9.17, 15) is 4.79 Å². The number of benzene rings is 1. The Morgan fingerprint density at radius 1 is 1.33 bits per heavy atom. The SMILES string of the molecule is CCCCCSc1cccc(C(=O)OCC)c1N. The third-order valence-corrected chi connectivity index (χ3v) is 3.73. The zero-order valence-electron chi connectivity index (χ0n) is 11.1. The molecule has 2 N–H and O–H groups in total. The van der Waals surface area contributed by atoms with Gasteiger partial charge in [0.15, 0.2) is 0 Å². The molecule has 100 valence electrons. The van der Waals surface area contributed by atoms with Crippen molar-refractivity contribution < 1.29 is 9.53 Å². The summed E-state index contributed by atoms with van der Waals surface area (Å²) >= 11 is 1.70.